The Morgan fingerprint density at radius 3 is 2.11 bits per heavy atom. The van der Waals surface area contributed by atoms with Crippen LogP contribution in [0.2, 0.25) is 0 Å². The first-order valence-corrected chi connectivity index (χ1v) is 9.95. The molecule has 2 heterocycles. The highest BCUT2D eigenvalue weighted by molar-refractivity contribution is 5.70. The SMILES string of the molecule is CN1CCc2c(c(-c3ccc(C(C)(C)C)c(C(C)(C)C)c3)cn(C)c2=O)C1. The van der Waals surface area contributed by atoms with Crippen molar-refractivity contribution in [3.05, 3.63) is 57.0 Å². The molecule has 2 aromatic rings. The van der Waals surface area contributed by atoms with Gasteiger partial charge in [-0.3, -0.25) is 4.79 Å². The van der Waals surface area contributed by atoms with Crippen molar-refractivity contribution >= 4 is 0 Å². The molecule has 0 bridgehead atoms. The minimum atomic E-state index is 0.0656. The smallest absolute Gasteiger partial charge is 0.253 e. The molecule has 1 aromatic carbocycles. The standard InChI is InChI=1S/C24H34N2O/c1-23(2,3)20-10-9-16(13-21(20)24(4,5)6)18-15-26(8)22(27)17-11-12-25(7)14-19(17)18/h9-10,13,15H,11-12,14H2,1-8H3. The Hall–Kier alpha value is -1.87. The average Bonchev–Trinajstić information content (AvgIpc) is 2.56. The van der Waals surface area contributed by atoms with Gasteiger partial charge in [0.1, 0.15) is 0 Å². The zero-order valence-corrected chi connectivity index (χ0v) is 18.2. The first-order chi connectivity index (χ1) is 12.4. The van der Waals surface area contributed by atoms with Crippen molar-refractivity contribution in [1.82, 2.24) is 9.47 Å². The summed E-state index contributed by atoms with van der Waals surface area (Å²) < 4.78 is 1.76. The molecular weight excluding hydrogens is 332 g/mol. The highest BCUT2D eigenvalue weighted by Gasteiger charge is 2.27. The number of aromatic nitrogens is 1. The second kappa shape index (κ2) is 6.63. The van der Waals surface area contributed by atoms with Crippen LogP contribution in [-0.4, -0.2) is 23.1 Å². The number of benzene rings is 1. The second-order valence-electron chi connectivity index (χ2n) is 10.2. The quantitative estimate of drug-likeness (QED) is 0.735. The molecule has 0 aliphatic carbocycles. The molecule has 0 N–H and O–H groups in total. The van der Waals surface area contributed by atoms with E-state index in [-0.39, 0.29) is 16.4 Å². The van der Waals surface area contributed by atoms with Crippen LogP contribution in [0.3, 0.4) is 0 Å². The molecule has 3 rings (SSSR count). The number of likely N-dealkylation sites (N-methyl/N-ethyl adjacent to an activating group) is 1. The van der Waals surface area contributed by atoms with Gasteiger partial charge in [0.15, 0.2) is 0 Å². The van der Waals surface area contributed by atoms with Crippen LogP contribution < -0.4 is 5.56 Å². The summed E-state index contributed by atoms with van der Waals surface area (Å²) in [5.74, 6) is 0. The minimum absolute atomic E-state index is 0.0656. The van der Waals surface area contributed by atoms with Crippen LogP contribution in [0.25, 0.3) is 11.1 Å². The largest absolute Gasteiger partial charge is 0.318 e. The molecule has 0 amide bonds. The van der Waals surface area contributed by atoms with Gasteiger partial charge in [0, 0.05) is 37.5 Å². The number of aryl methyl sites for hydroxylation is 1. The van der Waals surface area contributed by atoms with E-state index in [1.54, 1.807) is 4.57 Å². The maximum absolute atomic E-state index is 12.7. The predicted molar refractivity (Wildman–Crippen MR) is 115 cm³/mol. The fourth-order valence-electron chi connectivity index (χ4n) is 4.16. The highest BCUT2D eigenvalue weighted by Crippen LogP contribution is 2.38. The van der Waals surface area contributed by atoms with Crippen molar-refractivity contribution in [3.8, 4) is 11.1 Å². The highest BCUT2D eigenvalue weighted by atomic mass is 16.1. The van der Waals surface area contributed by atoms with E-state index in [0.717, 1.165) is 25.1 Å². The molecule has 0 fully saturated rings. The molecule has 0 atom stereocenters. The lowest BCUT2D eigenvalue weighted by Crippen LogP contribution is -2.34. The normalized spacial score (nSPS) is 15.7. The molecule has 0 saturated carbocycles. The zero-order valence-electron chi connectivity index (χ0n) is 18.2. The topological polar surface area (TPSA) is 25.2 Å². The summed E-state index contributed by atoms with van der Waals surface area (Å²) in [7, 11) is 4.01. The third-order valence-corrected chi connectivity index (χ3v) is 5.71. The average molecular weight is 367 g/mol. The Morgan fingerprint density at radius 2 is 1.52 bits per heavy atom. The molecule has 0 radical (unpaired) electrons. The van der Waals surface area contributed by atoms with Crippen molar-refractivity contribution in [2.45, 2.75) is 65.3 Å². The van der Waals surface area contributed by atoms with E-state index in [4.69, 9.17) is 0 Å². The Balaban J connectivity index is 2.27. The van der Waals surface area contributed by atoms with E-state index in [2.05, 4.69) is 71.7 Å². The molecule has 1 aromatic heterocycles. The fourth-order valence-corrected chi connectivity index (χ4v) is 4.16. The van der Waals surface area contributed by atoms with E-state index in [1.165, 1.54) is 27.8 Å². The Labute approximate surface area is 164 Å². The summed E-state index contributed by atoms with van der Waals surface area (Å²) in [6, 6.07) is 6.89. The van der Waals surface area contributed by atoms with Gasteiger partial charge < -0.3 is 9.47 Å². The van der Waals surface area contributed by atoms with Crippen molar-refractivity contribution in [1.29, 1.82) is 0 Å². The maximum Gasteiger partial charge on any atom is 0.253 e. The lowest BCUT2D eigenvalue weighted by atomic mass is 9.74. The molecule has 27 heavy (non-hydrogen) atoms. The number of hydrogen-bond donors (Lipinski definition) is 0. The van der Waals surface area contributed by atoms with Gasteiger partial charge in [0.2, 0.25) is 0 Å². The van der Waals surface area contributed by atoms with E-state index in [1.807, 2.05) is 13.2 Å². The van der Waals surface area contributed by atoms with Crippen molar-refractivity contribution in [2.24, 2.45) is 7.05 Å². The molecule has 146 valence electrons. The van der Waals surface area contributed by atoms with Crippen LogP contribution >= 0.6 is 0 Å². The Bertz CT molecular complexity index is 923. The third-order valence-electron chi connectivity index (χ3n) is 5.71. The van der Waals surface area contributed by atoms with Gasteiger partial charge in [0.25, 0.3) is 5.56 Å². The Morgan fingerprint density at radius 1 is 0.889 bits per heavy atom. The first-order valence-electron chi connectivity index (χ1n) is 9.95. The van der Waals surface area contributed by atoms with Crippen molar-refractivity contribution in [3.63, 3.8) is 0 Å². The number of rotatable bonds is 1. The molecule has 0 unspecified atom stereocenters. The Kier molecular flexibility index (Phi) is 4.88. The third kappa shape index (κ3) is 3.75. The van der Waals surface area contributed by atoms with E-state index >= 15 is 0 Å². The summed E-state index contributed by atoms with van der Waals surface area (Å²) in [5, 5.41) is 0. The molecule has 3 nitrogen and oxygen atoms in total. The minimum Gasteiger partial charge on any atom is -0.318 e. The van der Waals surface area contributed by atoms with Crippen molar-refractivity contribution in [2.75, 3.05) is 13.6 Å². The van der Waals surface area contributed by atoms with Gasteiger partial charge in [-0.15, -0.1) is 0 Å². The van der Waals surface area contributed by atoms with Crippen LogP contribution in [0.15, 0.2) is 29.2 Å². The lowest BCUT2D eigenvalue weighted by molar-refractivity contribution is 0.311. The van der Waals surface area contributed by atoms with Gasteiger partial charge in [-0.05, 0) is 46.6 Å². The summed E-state index contributed by atoms with van der Waals surface area (Å²) in [6.45, 7) is 15.5. The molecular formula is C24H34N2O. The first kappa shape index (κ1) is 19.9. The maximum atomic E-state index is 12.7. The van der Waals surface area contributed by atoms with Gasteiger partial charge >= 0.3 is 0 Å². The van der Waals surface area contributed by atoms with E-state index in [0.29, 0.717) is 0 Å². The zero-order chi connectivity index (χ0) is 20.1. The van der Waals surface area contributed by atoms with Gasteiger partial charge in [0.05, 0.1) is 0 Å². The summed E-state index contributed by atoms with van der Waals surface area (Å²) >= 11 is 0. The fraction of sp³-hybridized carbons (Fsp3) is 0.542. The second-order valence-corrected chi connectivity index (χ2v) is 10.2. The van der Waals surface area contributed by atoms with E-state index < -0.39 is 0 Å². The molecule has 0 saturated heterocycles. The van der Waals surface area contributed by atoms with Crippen LogP contribution in [0.4, 0.5) is 0 Å². The predicted octanol–water partition coefficient (Wildman–Crippen LogP) is 4.64. The molecule has 3 heteroatoms. The summed E-state index contributed by atoms with van der Waals surface area (Å²) in [4.78, 5) is 15.0. The van der Waals surface area contributed by atoms with E-state index in [9.17, 15) is 4.79 Å². The van der Waals surface area contributed by atoms with Crippen LogP contribution in [0.5, 0.6) is 0 Å². The summed E-state index contributed by atoms with van der Waals surface area (Å²) in [6.07, 6.45) is 2.86. The van der Waals surface area contributed by atoms with Gasteiger partial charge in [-0.1, -0.05) is 59.7 Å². The van der Waals surface area contributed by atoms with Crippen LogP contribution in [-0.2, 0) is 30.8 Å². The molecule has 1 aliphatic rings. The van der Waals surface area contributed by atoms with Gasteiger partial charge in [-0.25, -0.2) is 0 Å². The molecule has 1 aliphatic heterocycles. The molecule has 0 spiro atoms. The number of hydrogen-bond acceptors (Lipinski definition) is 2. The van der Waals surface area contributed by atoms with Crippen LogP contribution in [0.1, 0.15) is 63.8 Å². The lowest BCUT2D eigenvalue weighted by Gasteiger charge is -2.31. The monoisotopic (exact) mass is 366 g/mol. The van der Waals surface area contributed by atoms with Crippen molar-refractivity contribution < 1.29 is 0 Å². The number of nitrogens with zero attached hydrogens (tertiary/aromatic N) is 2. The summed E-state index contributed by atoms with van der Waals surface area (Å²) in [5.41, 5.74) is 7.72. The van der Waals surface area contributed by atoms with Gasteiger partial charge in [-0.2, -0.15) is 0 Å². The number of fused-ring (bicyclic) bond motifs is 1. The number of pyridine rings is 1. The van der Waals surface area contributed by atoms with Crippen LogP contribution in [0, 0.1) is 0 Å².